The molecule has 1 fully saturated rings. The summed E-state index contributed by atoms with van der Waals surface area (Å²) in [6.45, 7) is 6.05. The summed E-state index contributed by atoms with van der Waals surface area (Å²) < 4.78 is 5.42. The number of hydrogen-bond donors (Lipinski definition) is 1. The molecule has 0 aliphatic carbocycles. The van der Waals surface area contributed by atoms with Crippen LogP contribution in [0.1, 0.15) is 27.2 Å². The summed E-state index contributed by atoms with van der Waals surface area (Å²) >= 11 is 0. The highest BCUT2D eigenvalue weighted by atomic mass is 16.5. The molecule has 10 heavy (non-hydrogen) atoms. The standard InChI is InChI=1S/C8H16O2/c1-5-4-6(2)10-7(3)8(5)9/h5-9H,4H2,1-3H3/t5-,6-,7?,8+/m0/s1. The molecule has 60 valence electrons. The molecule has 1 aliphatic heterocycles. The summed E-state index contributed by atoms with van der Waals surface area (Å²) in [4.78, 5) is 0. The normalized spacial score (nSPS) is 49.2. The maximum atomic E-state index is 9.44. The Morgan fingerprint density at radius 2 is 1.90 bits per heavy atom. The summed E-state index contributed by atoms with van der Waals surface area (Å²) in [7, 11) is 0. The summed E-state index contributed by atoms with van der Waals surface area (Å²) in [6, 6.07) is 0. The van der Waals surface area contributed by atoms with E-state index < -0.39 is 0 Å². The van der Waals surface area contributed by atoms with E-state index in [1.807, 2.05) is 6.92 Å². The molecule has 0 aromatic rings. The largest absolute Gasteiger partial charge is 0.390 e. The summed E-state index contributed by atoms with van der Waals surface area (Å²) in [5, 5.41) is 9.44. The first-order valence-electron chi connectivity index (χ1n) is 3.94. The number of rotatable bonds is 0. The lowest BCUT2D eigenvalue weighted by molar-refractivity contribution is -0.126. The zero-order chi connectivity index (χ0) is 7.72. The van der Waals surface area contributed by atoms with Gasteiger partial charge < -0.3 is 9.84 Å². The Balaban J connectivity index is 2.49. The van der Waals surface area contributed by atoms with Gasteiger partial charge in [-0.1, -0.05) is 6.92 Å². The van der Waals surface area contributed by atoms with E-state index in [1.54, 1.807) is 0 Å². The molecule has 1 unspecified atom stereocenters. The van der Waals surface area contributed by atoms with Gasteiger partial charge in [-0.05, 0) is 26.2 Å². The SMILES string of the molecule is CC1O[C@@H](C)C[C@H](C)[C@H]1O. The molecule has 1 N–H and O–H groups in total. The molecule has 2 heteroatoms. The Hall–Kier alpha value is -0.0800. The van der Waals surface area contributed by atoms with E-state index in [1.165, 1.54) is 0 Å². The van der Waals surface area contributed by atoms with Crippen molar-refractivity contribution in [1.82, 2.24) is 0 Å². The van der Waals surface area contributed by atoms with Crippen molar-refractivity contribution in [1.29, 1.82) is 0 Å². The molecule has 0 bridgehead atoms. The average Bonchev–Trinajstić information content (AvgIpc) is 1.82. The third kappa shape index (κ3) is 1.50. The molecular formula is C8H16O2. The van der Waals surface area contributed by atoms with Gasteiger partial charge in [-0.15, -0.1) is 0 Å². The second kappa shape index (κ2) is 2.89. The first kappa shape index (κ1) is 8.02. The minimum atomic E-state index is -0.267. The minimum absolute atomic E-state index is 0.0127. The molecule has 1 saturated heterocycles. The molecular weight excluding hydrogens is 128 g/mol. The lowest BCUT2D eigenvalue weighted by Crippen LogP contribution is -2.41. The lowest BCUT2D eigenvalue weighted by Gasteiger charge is -2.34. The predicted octanol–water partition coefficient (Wildman–Crippen LogP) is 1.18. The monoisotopic (exact) mass is 144 g/mol. The van der Waals surface area contributed by atoms with Crippen LogP contribution in [0.15, 0.2) is 0 Å². The van der Waals surface area contributed by atoms with Crippen molar-refractivity contribution in [3.05, 3.63) is 0 Å². The molecule has 0 aromatic heterocycles. The lowest BCUT2D eigenvalue weighted by atomic mass is 9.92. The predicted molar refractivity (Wildman–Crippen MR) is 39.8 cm³/mol. The van der Waals surface area contributed by atoms with Crippen LogP contribution in [0.4, 0.5) is 0 Å². The number of aliphatic hydroxyl groups is 1. The van der Waals surface area contributed by atoms with E-state index >= 15 is 0 Å². The molecule has 0 amide bonds. The van der Waals surface area contributed by atoms with Gasteiger partial charge in [0, 0.05) is 0 Å². The van der Waals surface area contributed by atoms with Crippen molar-refractivity contribution in [2.24, 2.45) is 5.92 Å². The zero-order valence-corrected chi connectivity index (χ0v) is 6.87. The second-order valence-electron chi connectivity index (χ2n) is 3.36. The van der Waals surface area contributed by atoms with Crippen molar-refractivity contribution in [2.75, 3.05) is 0 Å². The molecule has 2 nitrogen and oxygen atoms in total. The van der Waals surface area contributed by atoms with Gasteiger partial charge in [0.15, 0.2) is 0 Å². The van der Waals surface area contributed by atoms with Crippen molar-refractivity contribution in [3.63, 3.8) is 0 Å². The van der Waals surface area contributed by atoms with E-state index in [-0.39, 0.29) is 12.2 Å². The number of hydrogen-bond acceptors (Lipinski definition) is 2. The van der Waals surface area contributed by atoms with E-state index in [2.05, 4.69) is 13.8 Å². The third-order valence-electron chi connectivity index (χ3n) is 2.21. The van der Waals surface area contributed by atoms with Crippen LogP contribution in [0.25, 0.3) is 0 Å². The minimum Gasteiger partial charge on any atom is -0.390 e. The van der Waals surface area contributed by atoms with Gasteiger partial charge >= 0.3 is 0 Å². The van der Waals surface area contributed by atoms with Crippen molar-refractivity contribution in [2.45, 2.75) is 45.5 Å². The second-order valence-corrected chi connectivity index (χ2v) is 3.36. The first-order valence-corrected chi connectivity index (χ1v) is 3.94. The van der Waals surface area contributed by atoms with Gasteiger partial charge in [-0.2, -0.15) is 0 Å². The Morgan fingerprint density at radius 1 is 1.30 bits per heavy atom. The van der Waals surface area contributed by atoms with E-state index in [4.69, 9.17) is 4.74 Å². The van der Waals surface area contributed by atoms with Gasteiger partial charge in [-0.3, -0.25) is 0 Å². The molecule has 0 saturated carbocycles. The van der Waals surface area contributed by atoms with Gasteiger partial charge in [0.25, 0.3) is 0 Å². The Labute approximate surface area is 62.2 Å². The van der Waals surface area contributed by atoms with Crippen LogP contribution in [0.3, 0.4) is 0 Å². The Kier molecular flexibility index (Phi) is 2.32. The van der Waals surface area contributed by atoms with E-state index in [0.29, 0.717) is 12.0 Å². The van der Waals surface area contributed by atoms with Crippen LogP contribution in [0, 0.1) is 5.92 Å². The van der Waals surface area contributed by atoms with Crippen molar-refractivity contribution in [3.8, 4) is 0 Å². The molecule has 1 rings (SSSR count). The van der Waals surface area contributed by atoms with Crippen molar-refractivity contribution >= 4 is 0 Å². The number of aliphatic hydroxyl groups excluding tert-OH is 1. The zero-order valence-electron chi connectivity index (χ0n) is 6.87. The van der Waals surface area contributed by atoms with Gasteiger partial charge in [0.05, 0.1) is 18.3 Å². The number of ether oxygens (including phenoxy) is 1. The van der Waals surface area contributed by atoms with Crippen molar-refractivity contribution < 1.29 is 9.84 Å². The maximum absolute atomic E-state index is 9.44. The first-order chi connectivity index (χ1) is 4.61. The Bertz CT molecular complexity index is 102. The Morgan fingerprint density at radius 3 is 2.40 bits per heavy atom. The fourth-order valence-electron chi connectivity index (χ4n) is 1.63. The smallest absolute Gasteiger partial charge is 0.0825 e. The topological polar surface area (TPSA) is 29.5 Å². The highest BCUT2D eigenvalue weighted by Crippen LogP contribution is 2.24. The van der Waals surface area contributed by atoms with Crippen LogP contribution >= 0.6 is 0 Å². The van der Waals surface area contributed by atoms with E-state index in [9.17, 15) is 5.11 Å². The summed E-state index contributed by atoms with van der Waals surface area (Å²) in [6.07, 6.45) is 1.04. The average molecular weight is 144 g/mol. The van der Waals surface area contributed by atoms with Crippen LogP contribution in [0.5, 0.6) is 0 Å². The quantitative estimate of drug-likeness (QED) is 0.553. The summed E-state index contributed by atoms with van der Waals surface area (Å²) in [5.41, 5.74) is 0. The highest BCUT2D eigenvalue weighted by molar-refractivity contribution is 4.78. The van der Waals surface area contributed by atoms with Crippen LogP contribution in [0.2, 0.25) is 0 Å². The van der Waals surface area contributed by atoms with Crippen LogP contribution in [-0.2, 0) is 4.74 Å². The summed E-state index contributed by atoms with van der Waals surface area (Å²) in [5.74, 6) is 0.388. The molecule has 0 spiro atoms. The molecule has 1 heterocycles. The van der Waals surface area contributed by atoms with E-state index in [0.717, 1.165) is 6.42 Å². The molecule has 0 radical (unpaired) electrons. The highest BCUT2D eigenvalue weighted by Gasteiger charge is 2.29. The molecule has 1 aliphatic rings. The third-order valence-corrected chi connectivity index (χ3v) is 2.21. The molecule has 0 aromatic carbocycles. The van der Waals surface area contributed by atoms with Gasteiger partial charge in [-0.25, -0.2) is 0 Å². The molecule has 4 atom stereocenters. The van der Waals surface area contributed by atoms with Crippen LogP contribution in [-0.4, -0.2) is 23.4 Å². The van der Waals surface area contributed by atoms with Gasteiger partial charge in [0.1, 0.15) is 0 Å². The fourth-order valence-corrected chi connectivity index (χ4v) is 1.63. The van der Waals surface area contributed by atoms with Gasteiger partial charge in [0.2, 0.25) is 0 Å². The maximum Gasteiger partial charge on any atom is 0.0825 e. The van der Waals surface area contributed by atoms with Crippen LogP contribution < -0.4 is 0 Å². The fraction of sp³-hybridized carbons (Fsp3) is 1.00.